The standard InChI is InChI=1S/C19H32N4O4/c1-6-20-17(21-11-12-22-18(25)27-19(2,3)4)23-13-16(24)14-7-9-15(26-5)10-8-14/h7-10,16,24H,6,11-13H2,1-5H3,(H,22,25)(H2,20,21,23). The Morgan fingerprint density at radius 1 is 1.15 bits per heavy atom. The lowest BCUT2D eigenvalue weighted by Crippen LogP contribution is -2.42. The Morgan fingerprint density at radius 2 is 1.78 bits per heavy atom. The lowest BCUT2D eigenvalue weighted by Gasteiger charge is -2.20. The number of carbonyl (C=O) groups excluding carboxylic acids is 1. The molecule has 4 N–H and O–H groups in total. The van der Waals surface area contributed by atoms with Crippen molar-refractivity contribution in [3.63, 3.8) is 0 Å². The van der Waals surface area contributed by atoms with Gasteiger partial charge in [-0.15, -0.1) is 0 Å². The molecular weight excluding hydrogens is 348 g/mol. The first-order valence-corrected chi connectivity index (χ1v) is 9.06. The highest BCUT2D eigenvalue weighted by Crippen LogP contribution is 2.17. The number of methoxy groups -OCH3 is 1. The molecule has 8 nitrogen and oxygen atoms in total. The molecular formula is C19H32N4O4. The van der Waals surface area contributed by atoms with Gasteiger partial charge in [0.15, 0.2) is 5.96 Å². The number of nitrogens with one attached hydrogen (secondary N) is 3. The van der Waals surface area contributed by atoms with E-state index in [9.17, 15) is 9.90 Å². The van der Waals surface area contributed by atoms with E-state index in [-0.39, 0.29) is 6.54 Å². The Balaban J connectivity index is 2.45. The van der Waals surface area contributed by atoms with Crippen molar-refractivity contribution in [1.29, 1.82) is 0 Å². The van der Waals surface area contributed by atoms with E-state index >= 15 is 0 Å². The van der Waals surface area contributed by atoms with Crippen LogP contribution >= 0.6 is 0 Å². The fourth-order valence-corrected chi connectivity index (χ4v) is 2.11. The zero-order valence-electron chi connectivity index (χ0n) is 16.8. The summed E-state index contributed by atoms with van der Waals surface area (Å²) < 4.78 is 10.3. The molecule has 0 aliphatic heterocycles. The van der Waals surface area contributed by atoms with E-state index in [2.05, 4.69) is 20.9 Å². The van der Waals surface area contributed by atoms with Gasteiger partial charge in [-0.1, -0.05) is 12.1 Å². The summed E-state index contributed by atoms with van der Waals surface area (Å²) in [7, 11) is 1.60. The topological polar surface area (TPSA) is 104 Å². The zero-order chi connectivity index (χ0) is 20.3. The molecule has 0 aliphatic carbocycles. The summed E-state index contributed by atoms with van der Waals surface area (Å²) in [6, 6.07) is 7.22. The summed E-state index contributed by atoms with van der Waals surface area (Å²) in [5, 5.41) is 19.1. The molecule has 0 bridgehead atoms. The number of alkyl carbamates (subject to hydrolysis) is 1. The maximum atomic E-state index is 11.6. The number of guanidine groups is 1. The van der Waals surface area contributed by atoms with Crippen molar-refractivity contribution in [2.24, 2.45) is 4.99 Å². The molecule has 1 aromatic rings. The maximum absolute atomic E-state index is 11.6. The molecule has 1 atom stereocenters. The number of benzene rings is 1. The molecule has 1 amide bonds. The van der Waals surface area contributed by atoms with Crippen LogP contribution in [0.5, 0.6) is 5.75 Å². The van der Waals surface area contributed by atoms with E-state index < -0.39 is 17.8 Å². The van der Waals surface area contributed by atoms with Gasteiger partial charge in [-0.2, -0.15) is 0 Å². The Bertz CT molecular complexity index is 597. The van der Waals surface area contributed by atoms with E-state index in [0.717, 1.165) is 11.3 Å². The molecule has 0 spiro atoms. The summed E-state index contributed by atoms with van der Waals surface area (Å²) in [4.78, 5) is 16.0. The molecule has 0 saturated heterocycles. The van der Waals surface area contributed by atoms with E-state index in [1.54, 1.807) is 19.2 Å². The van der Waals surface area contributed by atoms with Crippen molar-refractivity contribution in [1.82, 2.24) is 16.0 Å². The van der Waals surface area contributed by atoms with Gasteiger partial charge in [0, 0.05) is 19.6 Å². The van der Waals surface area contributed by atoms with E-state index in [1.807, 2.05) is 39.8 Å². The predicted octanol–water partition coefficient (Wildman–Crippen LogP) is 1.81. The Kier molecular flexibility index (Phi) is 9.42. The second-order valence-electron chi connectivity index (χ2n) is 6.86. The average molecular weight is 380 g/mol. The summed E-state index contributed by atoms with van der Waals surface area (Å²) in [5.41, 5.74) is 0.243. The summed E-state index contributed by atoms with van der Waals surface area (Å²) in [6.07, 6.45) is -1.17. The largest absolute Gasteiger partial charge is 0.497 e. The minimum atomic E-state index is -0.716. The Morgan fingerprint density at radius 3 is 2.33 bits per heavy atom. The Hall–Kier alpha value is -2.48. The average Bonchev–Trinajstić information content (AvgIpc) is 2.61. The molecule has 8 heteroatoms. The van der Waals surface area contributed by atoms with Gasteiger partial charge in [-0.3, -0.25) is 4.99 Å². The van der Waals surface area contributed by atoms with Crippen molar-refractivity contribution >= 4 is 12.1 Å². The molecule has 0 saturated carbocycles. The monoisotopic (exact) mass is 380 g/mol. The van der Waals surface area contributed by atoms with Gasteiger partial charge in [-0.05, 0) is 45.4 Å². The van der Waals surface area contributed by atoms with Gasteiger partial charge in [0.05, 0.1) is 19.8 Å². The molecule has 1 rings (SSSR count). The van der Waals surface area contributed by atoms with Crippen molar-refractivity contribution in [2.75, 3.05) is 33.3 Å². The summed E-state index contributed by atoms with van der Waals surface area (Å²) in [6.45, 7) is 9.16. The number of aliphatic hydroxyl groups excluding tert-OH is 1. The smallest absolute Gasteiger partial charge is 0.407 e. The molecule has 152 valence electrons. The number of carbonyl (C=O) groups is 1. The molecule has 1 aromatic carbocycles. The van der Waals surface area contributed by atoms with E-state index in [0.29, 0.717) is 25.6 Å². The number of aliphatic imine (C=N–C) groups is 1. The molecule has 1 unspecified atom stereocenters. The highest BCUT2D eigenvalue weighted by Gasteiger charge is 2.15. The third-order valence-electron chi connectivity index (χ3n) is 3.35. The molecule has 27 heavy (non-hydrogen) atoms. The van der Waals surface area contributed by atoms with Crippen LogP contribution in [0, 0.1) is 0 Å². The van der Waals surface area contributed by atoms with Crippen LogP contribution in [0.2, 0.25) is 0 Å². The maximum Gasteiger partial charge on any atom is 0.407 e. The number of amides is 1. The summed E-state index contributed by atoms with van der Waals surface area (Å²) in [5.74, 6) is 1.30. The van der Waals surface area contributed by atoms with Crippen LogP contribution < -0.4 is 20.7 Å². The third kappa shape index (κ3) is 9.69. The third-order valence-corrected chi connectivity index (χ3v) is 3.35. The van der Waals surface area contributed by atoms with Crippen LogP contribution in [0.4, 0.5) is 4.79 Å². The van der Waals surface area contributed by atoms with Gasteiger partial charge in [0.2, 0.25) is 0 Å². The van der Waals surface area contributed by atoms with Gasteiger partial charge in [0.1, 0.15) is 11.4 Å². The van der Waals surface area contributed by atoms with Gasteiger partial charge in [0.25, 0.3) is 0 Å². The lowest BCUT2D eigenvalue weighted by atomic mass is 10.1. The van der Waals surface area contributed by atoms with Crippen molar-refractivity contribution in [2.45, 2.75) is 39.4 Å². The van der Waals surface area contributed by atoms with Crippen LogP contribution in [0.15, 0.2) is 29.3 Å². The first-order valence-electron chi connectivity index (χ1n) is 9.06. The Labute approximate surface area is 161 Å². The van der Waals surface area contributed by atoms with Gasteiger partial charge in [-0.25, -0.2) is 4.79 Å². The van der Waals surface area contributed by atoms with Crippen LogP contribution in [-0.2, 0) is 4.74 Å². The van der Waals surface area contributed by atoms with Crippen LogP contribution in [0.1, 0.15) is 39.4 Å². The molecule has 0 aliphatic rings. The van der Waals surface area contributed by atoms with Crippen LogP contribution in [0.25, 0.3) is 0 Å². The van der Waals surface area contributed by atoms with Crippen LogP contribution in [0.3, 0.4) is 0 Å². The van der Waals surface area contributed by atoms with E-state index in [1.165, 1.54) is 0 Å². The second-order valence-corrected chi connectivity index (χ2v) is 6.86. The molecule has 0 aromatic heterocycles. The van der Waals surface area contributed by atoms with Crippen molar-refractivity contribution < 1.29 is 19.4 Å². The van der Waals surface area contributed by atoms with Crippen molar-refractivity contribution in [3.8, 4) is 5.75 Å². The minimum Gasteiger partial charge on any atom is -0.497 e. The first kappa shape index (κ1) is 22.6. The quantitative estimate of drug-likeness (QED) is 0.311. The number of rotatable bonds is 8. The molecule has 0 radical (unpaired) electrons. The highest BCUT2D eigenvalue weighted by molar-refractivity contribution is 5.79. The van der Waals surface area contributed by atoms with Crippen LogP contribution in [-0.4, -0.2) is 56.0 Å². The molecule has 0 heterocycles. The highest BCUT2D eigenvalue weighted by atomic mass is 16.6. The SMILES string of the molecule is CCNC(=NCC(O)c1ccc(OC)cc1)NCCNC(=O)OC(C)(C)C. The number of hydrogen-bond acceptors (Lipinski definition) is 5. The molecule has 0 fully saturated rings. The number of aliphatic hydroxyl groups is 1. The van der Waals surface area contributed by atoms with Gasteiger partial charge < -0.3 is 30.5 Å². The fourth-order valence-electron chi connectivity index (χ4n) is 2.11. The first-order chi connectivity index (χ1) is 12.7. The second kappa shape index (κ2) is 11.3. The normalized spacial score (nSPS) is 12.9. The van der Waals surface area contributed by atoms with Gasteiger partial charge >= 0.3 is 6.09 Å². The minimum absolute atomic E-state index is 0.209. The number of ether oxygens (including phenoxy) is 2. The fraction of sp³-hybridized carbons (Fsp3) is 0.579. The lowest BCUT2D eigenvalue weighted by molar-refractivity contribution is 0.0529. The number of hydrogen-bond donors (Lipinski definition) is 4. The van der Waals surface area contributed by atoms with Crippen molar-refractivity contribution in [3.05, 3.63) is 29.8 Å². The summed E-state index contributed by atoms with van der Waals surface area (Å²) >= 11 is 0. The number of nitrogens with zero attached hydrogens (tertiary/aromatic N) is 1. The predicted molar refractivity (Wildman–Crippen MR) is 106 cm³/mol. The van der Waals surface area contributed by atoms with E-state index in [4.69, 9.17) is 9.47 Å². The zero-order valence-corrected chi connectivity index (χ0v) is 16.8.